The molecule has 0 atom stereocenters. The first kappa shape index (κ1) is 16.3. The number of nitrogens with zero attached hydrogens (tertiary/aromatic N) is 1. The van der Waals surface area contributed by atoms with Crippen molar-refractivity contribution in [3.05, 3.63) is 34.9 Å². The molecule has 2 N–H and O–H groups in total. The van der Waals surface area contributed by atoms with Crippen LogP contribution < -0.4 is 5.73 Å². The molecule has 1 aliphatic rings. The van der Waals surface area contributed by atoms with Crippen molar-refractivity contribution in [2.45, 2.75) is 51.0 Å². The normalized spacial score (nSPS) is 19.4. The van der Waals surface area contributed by atoms with Gasteiger partial charge in [0.1, 0.15) is 0 Å². The van der Waals surface area contributed by atoms with Crippen molar-refractivity contribution in [2.75, 3.05) is 13.1 Å². The van der Waals surface area contributed by atoms with Gasteiger partial charge in [0, 0.05) is 22.4 Å². The van der Waals surface area contributed by atoms with Crippen LogP contribution in [0.25, 0.3) is 0 Å². The Balaban J connectivity index is 2.24. The number of benzene rings is 1. The number of halogens is 1. The van der Waals surface area contributed by atoms with Gasteiger partial charge in [-0.25, -0.2) is 0 Å². The van der Waals surface area contributed by atoms with Crippen molar-refractivity contribution in [1.82, 2.24) is 4.90 Å². The summed E-state index contributed by atoms with van der Waals surface area (Å²) in [4.78, 5) is 14.0. The molecule has 2 rings (SSSR count). The summed E-state index contributed by atoms with van der Waals surface area (Å²) in [6.07, 6.45) is 2.32. The molecule has 0 unspecified atom stereocenters. The van der Waals surface area contributed by atoms with E-state index in [1.807, 2.05) is 24.3 Å². The van der Waals surface area contributed by atoms with Crippen LogP contribution in [0.3, 0.4) is 0 Å². The van der Waals surface area contributed by atoms with Gasteiger partial charge in [-0.05, 0) is 64.4 Å². The molecule has 1 fully saturated rings. The molecule has 3 nitrogen and oxygen atoms in total. The zero-order valence-electron chi connectivity index (χ0n) is 13.2. The first-order valence-corrected chi connectivity index (χ1v) is 7.90. The maximum absolute atomic E-state index is 11.6. The van der Waals surface area contributed by atoms with Gasteiger partial charge in [0.2, 0.25) is 5.91 Å². The zero-order chi connectivity index (χ0) is 15.7. The topological polar surface area (TPSA) is 46.3 Å². The number of carbonyl (C=O) groups excluding carboxylic acids is 1. The standard InChI is InChI=1S/C17H25ClN2O/c1-16(2,3)20-10-8-17(9-11-20,12-15(19)21)13-4-6-14(18)7-5-13/h4-7H,8-12H2,1-3H3,(H2,19,21). The van der Waals surface area contributed by atoms with E-state index in [0.717, 1.165) is 31.0 Å². The number of carbonyl (C=O) groups is 1. The van der Waals surface area contributed by atoms with Crippen molar-refractivity contribution in [3.8, 4) is 0 Å². The molecule has 0 aromatic heterocycles. The van der Waals surface area contributed by atoms with Crippen LogP contribution >= 0.6 is 11.6 Å². The van der Waals surface area contributed by atoms with Crippen LogP contribution in [0, 0.1) is 0 Å². The lowest BCUT2D eigenvalue weighted by molar-refractivity contribution is -0.119. The molecule has 4 heteroatoms. The molecule has 1 saturated heterocycles. The minimum atomic E-state index is -0.228. The van der Waals surface area contributed by atoms with Crippen molar-refractivity contribution in [2.24, 2.45) is 5.73 Å². The lowest BCUT2D eigenvalue weighted by atomic mass is 9.70. The van der Waals surface area contributed by atoms with Crippen LogP contribution in [-0.2, 0) is 10.2 Å². The van der Waals surface area contributed by atoms with Crippen LogP contribution in [0.15, 0.2) is 24.3 Å². The fourth-order valence-corrected chi connectivity index (χ4v) is 3.44. The molecule has 116 valence electrons. The summed E-state index contributed by atoms with van der Waals surface area (Å²) in [6, 6.07) is 7.88. The molecule has 0 radical (unpaired) electrons. The molecule has 1 aromatic carbocycles. The Kier molecular flexibility index (Phi) is 4.64. The van der Waals surface area contributed by atoms with E-state index >= 15 is 0 Å². The van der Waals surface area contributed by atoms with Gasteiger partial charge in [0.15, 0.2) is 0 Å². The number of amides is 1. The highest BCUT2D eigenvalue weighted by molar-refractivity contribution is 6.30. The average Bonchev–Trinajstić information content (AvgIpc) is 2.38. The molecule has 0 bridgehead atoms. The quantitative estimate of drug-likeness (QED) is 0.931. The van der Waals surface area contributed by atoms with Crippen LogP contribution in [0.2, 0.25) is 5.02 Å². The Hall–Kier alpha value is -1.06. The van der Waals surface area contributed by atoms with E-state index in [-0.39, 0.29) is 16.9 Å². The van der Waals surface area contributed by atoms with E-state index in [4.69, 9.17) is 17.3 Å². The summed E-state index contributed by atoms with van der Waals surface area (Å²) in [7, 11) is 0. The molecule has 1 heterocycles. The zero-order valence-corrected chi connectivity index (χ0v) is 13.9. The van der Waals surface area contributed by atoms with Crippen molar-refractivity contribution in [3.63, 3.8) is 0 Å². The molecule has 1 amide bonds. The Morgan fingerprint density at radius 2 is 1.76 bits per heavy atom. The smallest absolute Gasteiger partial charge is 0.218 e. The predicted molar refractivity (Wildman–Crippen MR) is 87.5 cm³/mol. The summed E-state index contributed by atoms with van der Waals surface area (Å²) in [5.74, 6) is -0.228. The maximum Gasteiger partial charge on any atom is 0.218 e. The SMILES string of the molecule is CC(C)(C)N1CCC(CC(N)=O)(c2ccc(Cl)cc2)CC1. The monoisotopic (exact) mass is 308 g/mol. The van der Waals surface area contributed by atoms with Gasteiger partial charge in [-0.2, -0.15) is 0 Å². The largest absolute Gasteiger partial charge is 0.370 e. The third-order valence-corrected chi connectivity index (χ3v) is 4.89. The Bertz CT molecular complexity index is 497. The lowest BCUT2D eigenvalue weighted by Crippen LogP contribution is -2.51. The summed E-state index contributed by atoms with van der Waals surface area (Å²) in [6.45, 7) is 8.67. The third-order valence-electron chi connectivity index (χ3n) is 4.64. The van der Waals surface area contributed by atoms with Gasteiger partial charge in [-0.3, -0.25) is 9.69 Å². The first-order valence-electron chi connectivity index (χ1n) is 7.52. The number of hydrogen-bond acceptors (Lipinski definition) is 2. The Labute approximate surface area is 132 Å². The summed E-state index contributed by atoms with van der Waals surface area (Å²) >= 11 is 5.98. The number of likely N-dealkylation sites (tertiary alicyclic amines) is 1. The van der Waals surface area contributed by atoms with Crippen LogP contribution in [0.1, 0.15) is 45.6 Å². The molecule has 0 spiro atoms. The number of rotatable bonds is 3. The highest BCUT2D eigenvalue weighted by Crippen LogP contribution is 2.40. The van der Waals surface area contributed by atoms with Crippen molar-refractivity contribution in [1.29, 1.82) is 0 Å². The van der Waals surface area contributed by atoms with Gasteiger partial charge in [0.25, 0.3) is 0 Å². The van der Waals surface area contributed by atoms with Gasteiger partial charge >= 0.3 is 0 Å². The molecular formula is C17H25ClN2O. The number of nitrogens with two attached hydrogens (primary N) is 1. The summed E-state index contributed by atoms with van der Waals surface area (Å²) in [5.41, 5.74) is 6.72. The van der Waals surface area contributed by atoms with Crippen LogP contribution in [0.4, 0.5) is 0 Å². The van der Waals surface area contributed by atoms with E-state index < -0.39 is 0 Å². The van der Waals surface area contributed by atoms with E-state index in [2.05, 4.69) is 25.7 Å². The van der Waals surface area contributed by atoms with Crippen LogP contribution in [0.5, 0.6) is 0 Å². The molecule has 0 aliphatic carbocycles. The van der Waals surface area contributed by atoms with E-state index in [9.17, 15) is 4.79 Å². The van der Waals surface area contributed by atoms with E-state index in [1.165, 1.54) is 5.56 Å². The molecule has 0 saturated carbocycles. The van der Waals surface area contributed by atoms with Crippen LogP contribution in [-0.4, -0.2) is 29.4 Å². The van der Waals surface area contributed by atoms with Crippen molar-refractivity contribution < 1.29 is 4.79 Å². The predicted octanol–water partition coefficient (Wildman–Crippen LogP) is 3.35. The Morgan fingerprint density at radius 1 is 1.24 bits per heavy atom. The molecule has 1 aromatic rings. The second kappa shape index (κ2) is 5.98. The molecule has 21 heavy (non-hydrogen) atoms. The minimum Gasteiger partial charge on any atom is -0.370 e. The summed E-state index contributed by atoms with van der Waals surface area (Å²) in [5, 5.41) is 0.722. The first-order chi connectivity index (χ1) is 9.73. The van der Waals surface area contributed by atoms with Gasteiger partial charge in [-0.15, -0.1) is 0 Å². The van der Waals surface area contributed by atoms with Gasteiger partial charge in [-0.1, -0.05) is 23.7 Å². The van der Waals surface area contributed by atoms with Crippen molar-refractivity contribution >= 4 is 17.5 Å². The number of hydrogen-bond donors (Lipinski definition) is 1. The van der Waals surface area contributed by atoms with Gasteiger partial charge in [0.05, 0.1) is 0 Å². The Morgan fingerprint density at radius 3 is 2.19 bits per heavy atom. The second-order valence-corrected chi connectivity index (χ2v) is 7.52. The highest BCUT2D eigenvalue weighted by atomic mass is 35.5. The molecule has 1 aliphatic heterocycles. The number of primary amides is 1. The number of piperidine rings is 1. The lowest BCUT2D eigenvalue weighted by Gasteiger charge is -2.46. The molecular weight excluding hydrogens is 284 g/mol. The minimum absolute atomic E-state index is 0.141. The third kappa shape index (κ3) is 3.78. The average molecular weight is 309 g/mol. The second-order valence-electron chi connectivity index (χ2n) is 7.09. The highest BCUT2D eigenvalue weighted by Gasteiger charge is 2.39. The van der Waals surface area contributed by atoms with Gasteiger partial charge < -0.3 is 5.73 Å². The fourth-order valence-electron chi connectivity index (χ4n) is 3.31. The maximum atomic E-state index is 11.6. The fraction of sp³-hybridized carbons (Fsp3) is 0.588. The summed E-state index contributed by atoms with van der Waals surface area (Å²) < 4.78 is 0. The van der Waals surface area contributed by atoms with E-state index in [1.54, 1.807) is 0 Å². The van der Waals surface area contributed by atoms with E-state index in [0.29, 0.717) is 6.42 Å².